The third-order valence-electron chi connectivity index (χ3n) is 4.16. The van der Waals surface area contributed by atoms with Crippen LogP contribution in [0.3, 0.4) is 0 Å². The first-order chi connectivity index (χ1) is 9.79. The maximum absolute atomic E-state index is 13.3. The van der Waals surface area contributed by atoms with E-state index in [9.17, 15) is 13.6 Å². The molecule has 6 heteroatoms. The molecule has 0 bridgehead atoms. The highest BCUT2D eigenvalue weighted by atomic mass is 35.5. The topological polar surface area (TPSA) is 55.1 Å². The summed E-state index contributed by atoms with van der Waals surface area (Å²) in [6, 6.07) is 3.77. The van der Waals surface area contributed by atoms with Crippen LogP contribution in [-0.2, 0) is 10.3 Å². The monoisotopic (exact) mass is 332 g/mol. The molecule has 0 heterocycles. The van der Waals surface area contributed by atoms with Gasteiger partial charge >= 0.3 is 0 Å². The second kappa shape index (κ2) is 7.38. The molecule has 0 aromatic heterocycles. The van der Waals surface area contributed by atoms with E-state index in [4.69, 9.17) is 5.73 Å². The summed E-state index contributed by atoms with van der Waals surface area (Å²) in [5, 5.41) is 2.93. The Labute approximate surface area is 136 Å². The molecule has 3 nitrogen and oxygen atoms in total. The summed E-state index contributed by atoms with van der Waals surface area (Å²) in [6.07, 6.45) is 3.41. The van der Waals surface area contributed by atoms with Crippen LogP contribution in [0.5, 0.6) is 0 Å². The zero-order chi connectivity index (χ0) is 15.6. The smallest absolute Gasteiger partial charge is 0.223 e. The average Bonchev–Trinajstić information content (AvgIpc) is 2.41. The number of hydrogen-bond acceptors (Lipinski definition) is 2. The van der Waals surface area contributed by atoms with E-state index in [1.54, 1.807) is 13.8 Å². The van der Waals surface area contributed by atoms with Gasteiger partial charge in [0.1, 0.15) is 0 Å². The molecular formula is C16H23ClF2N2O. The van der Waals surface area contributed by atoms with Gasteiger partial charge in [-0.1, -0.05) is 12.5 Å². The highest BCUT2D eigenvalue weighted by molar-refractivity contribution is 5.85. The lowest BCUT2D eigenvalue weighted by molar-refractivity contribution is -0.127. The quantitative estimate of drug-likeness (QED) is 0.892. The predicted octanol–water partition coefficient (Wildman–Crippen LogP) is 3.26. The van der Waals surface area contributed by atoms with Gasteiger partial charge in [0.25, 0.3) is 0 Å². The van der Waals surface area contributed by atoms with Crippen molar-refractivity contribution in [1.29, 1.82) is 0 Å². The number of hydrogen-bond donors (Lipinski definition) is 2. The van der Waals surface area contributed by atoms with Gasteiger partial charge in [-0.25, -0.2) is 8.78 Å². The van der Waals surface area contributed by atoms with Crippen molar-refractivity contribution in [2.75, 3.05) is 0 Å². The van der Waals surface area contributed by atoms with E-state index in [1.807, 2.05) is 0 Å². The Morgan fingerprint density at radius 1 is 1.27 bits per heavy atom. The van der Waals surface area contributed by atoms with E-state index in [2.05, 4.69) is 5.32 Å². The fourth-order valence-corrected chi connectivity index (χ4v) is 2.83. The molecule has 1 aliphatic carbocycles. The van der Waals surface area contributed by atoms with Crippen molar-refractivity contribution in [3.8, 4) is 0 Å². The van der Waals surface area contributed by atoms with Gasteiger partial charge in [0, 0.05) is 12.0 Å². The molecule has 2 unspecified atom stereocenters. The highest BCUT2D eigenvalue weighted by Gasteiger charge is 2.30. The normalized spacial score (nSPS) is 21.9. The van der Waals surface area contributed by atoms with Crippen molar-refractivity contribution < 1.29 is 13.6 Å². The second-order valence-corrected chi connectivity index (χ2v) is 6.37. The van der Waals surface area contributed by atoms with Crippen molar-refractivity contribution >= 4 is 18.3 Å². The zero-order valence-corrected chi connectivity index (χ0v) is 13.7. The van der Waals surface area contributed by atoms with Crippen LogP contribution in [0.25, 0.3) is 0 Å². The maximum atomic E-state index is 13.3. The summed E-state index contributed by atoms with van der Waals surface area (Å²) in [6.45, 7) is 3.56. The molecule has 2 rings (SSSR count). The van der Waals surface area contributed by atoms with Crippen molar-refractivity contribution in [2.45, 2.75) is 51.1 Å². The molecule has 2 atom stereocenters. The SMILES string of the molecule is CC(C)(NC(=O)C1CCCC(N)C1)c1ccc(F)c(F)c1.Cl. The van der Waals surface area contributed by atoms with Gasteiger partial charge in [0.2, 0.25) is 5.91 Å². The molecule has 1 aromatic carbocycles. The molecule has 1 aliphatic rings. The average molecular weight is 333 g/mol. The van der Waals surface area contributed by atoms with Crippen LogP contribution in [0.2, 0.25) is 0 Å². The molecule has 0 spiro atoms. The molecule has 3 N–H and O–H groups in total. The Kier molecular flexibility index (Phi) is 6.32. The molecular weight excluding hydrogens is 310 g/mol. The molecule has 0 radical (unpaired) electrons. The Morgan fingerprint density at radius 2 is 1.95 bits per heavy atom. The number of carbonyl (C=O) groups excluding carboxylic acids is 1. The number of amides is 1. The van der Waals surface area contributed by atoms with Crippen molar-refractivity contribution in [3.05, 3.63) is 35.4 Å². The Morgan fingerprint density at radius 3 is 2.55 bits per heavy atom. The summed E-state index contributed by atoms with van der Waals surface area (Å²) in [4.78, 5) is 12.3. The van der Waals surface area contributed by atoms with Gasteiger partial charge in [-0.2, -0.15) is 0 Å². The Balaban J connectivity index is 0.00000242. The molecule has 22 heavy (non-hydrogen) atoms. The lowest BCUT2D eigenvalue weighted by Crippen LogP contribution is -2.46. The molecule has 1 amide bonds. The molecule has 124 valence electrons. The Bertz CT molecular complexity index is 537. The van der Waals surface area contributed by atoms with Gasteiger partial charge in [0.15, 0.2) is 11.6 Å². The first-order valence-corrected chi connectivity index (χ1v) is 7.33. The molecule has 0 aliphatic heterocycles. The van der Waals surface area contributed by atoms with Gasteiger partial charge in [-0.05, 0) is 50.8 Å². The summed E-state index contributed by atoms with van der Waals surface area (Å²) >= 11 is 0. The van der Waals surface area contributed by atoms with Gasteiger partial charge in [-0.15, -0.1) is 12.4 Å². The van der Waals surface area contributed by atoms with E-state index in [1.165, 1.54) is 6.07 Å². The van der Waals surface area contributed by atoms with Crippen LogP contribution in [-0.4, -0.2) is 11.9 Å². The first kappa shape index (κ1) is 18.8. The van der Waals surface area contributed by atoms with Crippen LogP contribution >= 0.6 is 12.4 Å². The van der Waals surface area contributed by atoms with Crippen LogP contribution in [0, 0.1) is 17.6 Å². The van der Waals surface area contributed by atoms with E-state index in [-0.39, 0.29) is 30.3 Å². The van der Waals surface area contributed by atoms with E-state index < -0.39 is 17.2 Å². The fraction of sp³-hybridized carbons (Fsp3) is 0.562. The number of carbonyl (C=O) groups is 1. The molecule has 1 aromatic rings. The van der Waals surface area contributed by atoms with Crippen LogP contribution in [0.15, 0.2) is 18.2 Å². The van der Waals surface area contributed by atoms with Gasteiger partial charge in [0.05, 0.1) is 5.54 Å². The first-order valence-electron chi connectivity index (χ1n) is 7.33. The highest BCUT2D eigenvalue weighted by Crippen LogP contribution is 2.27. The van der Waals surface area contributed by atoms with E-state index in [0.29, 0.717) is 12.0 Å². The molecule has 1 saturated carbocycles. The van der Waals surface area contributed by atoms with Gasteiger partial charge in [-0.3, -0.25) is 4.79 Å². The third kappa shape index (κ3) is 4.40. The standard InChI is InChI=1S/C16H22F2N2O.ClH/c1-16(2,11-6-7-13(17)14(18)9-11)20-15(21)10-4-3-5-12(19)8-10;/h6-7,9-10,12H,3-5,8,19H2,1-2H3,(H,20,21);1H. The summed E-state index contributed by atoms with van der Waals surface area (Å²) in [5.41, 5.74) is 5.68. The Hall–Kier alpha value is -1.20. The zero-order valence-electron chi connectivity index (χ0n) is 12.9. The minimum absolute atomic E-state index is 0. The van der Waals surface area contributed by atoms with Crippen LogP contribution in [0.4, 0.5) is 8.78 Å². The third-order valence-corrected chi connectivity index (χ3v) is 4.16. The number of benzene rings is 1. The predicted molar refractivity (Wildman–Crippen MR) is 84.7 cm³/mol. The van der Waals surface area contributed by atoms with Crippen molar-refractivity contribution in [2.24, 2.45) is 11.7 Å². The van der Waals surface area contributed by atoms with Gasteiger partial charge < -0.3 is 11.1 Å². The number of nitrogens with one attached hydrogen (secondary N) is 1. The number of halogens is 3. The molecule has 0 saturated heterocycles. The summed E-state index contributed by atoms with van der Waals surface area (Å²) in [5.74, 6) is -1.97. The van der Waals surface area contributed by atoms with E-state index in [0.717, 1.165) is 31.4 Å². The number of rotatable bonds is 3. The second-order valence-electron chi connectivity index (χ2n) is 6.37. The van der Waals surface area contributed by atoms with E-state index >= 15 is 0 Å². The minimum atomic E-state index is -0.908. The largest absolute Gasteiger partial charge is 0.347 e. The summed E-state index contributed by atoms with van der Waals surface area (Å²) < 4.78 is 26.4. The fourth-order valence-electron chi connectivity index (χ4n) is 2.83. The van der Waals surface area contributed by atoms with Crippen LogP contribution in [0.1, 0.15) is 45.1 Å². The number of nitrogens with two attached hydrogens (primary N) is 1. The lowest BCUT2D eigenvalue weighted by Gasteiger charge is -2.32. The van der Waals surface area contributed by atoms with Crippen molar-refractivity contribution in [3.63, 3.8) is 0 Å². The summed E-state index contributed by atoms with van der Waals surface area (Å²) in [7, 11) is 0. The minimum Gasteiger partial charge on any atom is -0.347 e. The van der Waals surface area contributed by atoms with Crippen molar-refractivity contribution in [1.82, 2.24) is 5.32 Å². The lowest BCUT2D eigenvalue weighted by atomic mass is 9.84. The maximum Gasteiger partial charge on any atom is 0.223 e. The molecule has 1 fully saturated rings. The van der Waals surface area contributed by atoms with Crippen LogP contribution < -0.4 is 11.1 Å².